The quantitative estimate of drug-likeness (QED) is 0.585. The molecule has 0 radical (unpaired) electrons. The van der Waals surface area contributed by atoms with Gasteiger partial charge in [0.05, 0.1) is 31.0 Å². The summed E-state index contributed by atoms with van der Waals surface area (Å²) < 4.78 is 39.7. The third-order valence-electron chi connectivity index (χ3n) is 5.65. The molecule has 0 spiro atoms. The van der Waals surface area contributed by atoms with Crippen LogP contribution in [-0.4, -0.2) is 62.3 Å². The summed E-state index contributed by atoms with van der Waals surface area (Å²) in [7, 11) is 4.91. The molecule has 9 heteroatoms. The standard InChI is InChI=1S/C24H23F2N5O2/c1-30-8-10-31(11-9-30)24-28-22(16-4-5-17(14-27)18(25)13-16)21(23(29-24)33-3)15-6-7-20(32-2)19(26)12-15/h4-7,12-13H,8-11H2,1-3H3. The third-order valence-corrected chi connectivity index (χ3v) is 5.65. The Labute approximate surface area is 190 Å². The number of piperazine rings is 1. The van der Waals surface area contributed by atoms with Gasteiger partial charge >= 0.3 is 0 Å². The van der Waals surface area contributed by atoms with Gasteiger partial charge in [0.15, 0.2) is 11.6 Å². The van der Waals surface area contributed by atoms with E-state index in [2.05, 4.69) is 9.88 Å². The summed E-state index contributed by atoms with van der Waals surface area (Å²) in [5.74, 6) is -0.447. The van der Waals surface area contributed by atoms with E-state index in [0.717, 1.165) is 26.2 Å². The van der Waals surface area contributed by atoms with Crippen molar-refractivity contribution in [2.75, 3.05) is 52.3 Å². The lowest BCUT2D eigenvalue weighted by molar-refractivity contribution is 0.310. The highest BCUT2D eigenvalue weighted by Crippen LogP contribution is 2.40. The van der Waals surface area contributed by atoms with Crippen LogP contribution in [0.25, 0.3) is 22.4 Å². The average Bonchev–Trinajstić information content (AvgIpc) is 2.83. The van der Waals surface area contributed by atoms with Gasteiger partial charge in [0.2, 0.25) is 11.8 Å². The number of benzene rings is 2. The van der Waals surface area contributed by atoms with Crippen molar-refractivity contribution in [3.8, 4) is 40.1 Å². The van der Waals surface area contributed by atoms with Crippen molar-refractivity contribution < 1.29 is 18.3 Å². The van der Waals surface area contributed by atoms with Gasteiger partial charge in [-0.1, -0.05) is 12.1 Å². The highest BCUT2D eigenvalue weighted by molar-refractivity contribution is 5.85. The molecule has 0 atom stereocenters. The van der Waals surface area contributed by atoms with Gasteiger partial charge in [0, 0.05) is 31.7 Å². The fraction of sp³-hybridized carbons (Fsp3) is 0.292. The summed E-state index contributed by atoms with van der Waals surface area (Å²) in [6.45, 7) is 3.13. The fourth-order valence-electron chi connectivity index (χ4n) is 3.77. The minimum absolute atomic E-state index is 0.0731. The molecule has 0 aliphatic carbocycles. The van der Waals surface area contributed by atoms with Crippen LogP contribution in [0.2, 0.25) is 0 Å². The number of aromatic nitrogens is 2. The van der Waals surface area contributed by atoms with Crippen molar-refractivity contribution in [1.82, 2.24) is 14.9 Å². The van der Waals surface area contributed by atoms with Gasteiger partial charge in [-0.2, -0.15) is 10.2 Å². The number of nitriles is 1. The minimum atomic E-state index is -0.666. The molecule has 2 heterocycles. The van der Waals surface area contributed by atoms with Crippen LogP contribution in [0.1, 0.15) is 5.56 Å². The smallest absolute Gasteiger partial charge is 0.229 e. The van der Waals surface area contributed by atoms with E-state index >= 15 is 0 Å². The second kappa shape index (κ2) is 9.38. The lowest BCUT2D eigenvalue weighted by Gasteiger charge is -2.33. The first-order chi connectivity index (χ1) is 15.9. The zero-order chi connectivity index (χ0) is 23.5. The molecule has 1 fully saturated rings. The largest absolute Gasteiger partial charge is 0.494 e. The Morgan fingerprint density at radius 2 is 1.61 bits per heavy atom. The molecular formula is C24H23F2N5O2. The van der Waals surface area contributed by atoms with Gasteiger partial charge in [-0.15, -0.1) is 0 Å². The second-order valence-electron chi connectivity index (χ2n) is 7.70. The molecular weight excluding hydrogens is 428 g/mol. The SMILES string of the molecule is COc1ccc(-c2c(OC)nc(N3CCN(C)CC3)nc2-c2ccc(C#N)c(F)c2)cc1F. The van der Waals surface area contributed by atoms with E-state index in [1.165, 1.54) is 38.5 Å². The van der Waals surface area contributed by atoms with Crippen LogP contribution in [0.15, 0.2) is 36.4 Å². The Kier molecular flexibility index (Phi) is 6.38. The topological polar surface area (TPSA) is 74.5 Å². The Hall–Kier alpha value is -3.77. The number of methoxy groups -OCH3 is 2. The molecule has 2 aromatic carbocycles. The Morgan fingerprint density at radius 1 is 0.909 bits per heavy atom. The summed E-state index contributed by atoms with van der Waals surface area (Å²) in [5.41, 5.74) is 1.60. The van der Waals surface area contributed by atoms with Gasteiger partial charge in [0.25, 0.3) is 0 Å². The molecule has 1 aliphatic heterocycles. The summed E-state index contributed by atoms with van der Waals surface area (Å²) in [5, 5.41) is 9.11. The maximum absolute atomic E-state index is 14.6. The van der Waals surface area contributed by atoms with Crippen LogP contribution < -0.4 is 14.4 Å². The van der Waals surface area contributed by atoms with Crippen LogP contribution in [0.4, 0.5) is 14.7 Å². The van der Waals surface area contributed by atoms with Gasteiger partial charge in [-0.25, -0.2) is 13.8 Å². The molecule has 1 saturated heterocycles. The summed E-state index contributed by atoms with van der Waals surface area (Å²) in [6, 6.07) is 10.6. The van der Waals surface area contributed by atoms with Crippen molar-refractivity contribution in [3.63, 3.8) is 0 Å². The molecule has 4 rings (SSSR count). The molecule has 33 heavy (non-hydrogen) atoms. The molecule has 7 nitrogen and oxygen atoms in total. The van der Waals surface area contributed by atoms with Gasteiger partial charge in [-0.3, -0.25) is 0 Å². The molecule has 0 saturated carbocycles. The second-order valence-corrected chi connectivity index (χ2v) is 7.70. The number of anilines is 1. The van der Waals surface area contributed by atoms with E-state index in [1.807, 2.05) is 18.0 Å². The fourth-order valence-corrected chi connectivity index (χ4v) is 3.77. The summed E-state index contributed by atoms with van der Waals surface area (Å²) >= 11 is 0. The molecule has 3 aromatic rings. The lowest BCUT2D eigenvalue weighted by atomic mass is 9.98. The van der Waals surface area contributed by atoms with Crippen LogP contribution >= 0.6 is 0 Å². The molecule has 1 aromatic heterocycles. The maximum Gasteiger partial charge on any atom is 0.229 e. The molecule has 0 unspecified atom stereocenters. The van der Waals surface area contributed by atoms with E-state index in [9.17, 15) is 8.78 Å². The Balaban J connectivity index is 1.93. The van der Waals surface area contributed by atoms with Crippen molar-refractivity contribution in [2.45, 2.75) is 0 Å². The van der Waals surface area contributed by atoms with Gasteiger partial charge in [-0.05, 0) is 36.9 Å². The third kappa shape index (κ3) is 4.43. The normalized spacial score (nSPS) is 14.1. The van der Waals surface area contributed by atoms with Crippen molar-refractivity contribution in [3.05, 3.63) is 53.6 Å². The molecule has 0 amide bonds. The Bertz CT molecular complexity index is 1220. The predicted octanol–water partition coefficient (Wildman–Crippen LogP) is 3.73. The Morgan fingerprint density at radius 3 is 2.21 bits per heavy atom. The zero-order valence-electron chi connectivity index (χ0n) is 18.6. The number of halogens is 2. The minimum Gasteiger partial charge on any atom is -0.494 e. The molecule has 0 N–H and O–H groups in total. The highest BCUT2D eigenvalue weighted by atomic mass is 19.1. The molecule has 170 valence electrons. The predicted molar refractivity (Wildman–Crippen MR) is 120 cm³/mol. The van der Waals surface area contributed by atoms with Gasteiger partial charge < -0.3 is 19.3 Å². The van der Waals surface area contributed by atoms with Crippen molar-refractivity contribution >= 4 is 5.95 Å². The first-order valence-corrected chi connectivity index (χ1v) is 10.4. The molecule has 0 bridgehead atoms. The van der Waals surface area contributed by atoms with Gasteiger partial charge in [0.1, 0.15) is 11.9 Å². The number of ether oxygens (including phenoxy) is 2. The van der Waals surface area contributed by atoms with E-state index in [1.54, 1.807) is 12.1 Å². The first kappa shape index (κ1) is 22.4. The number of nitrogens with zero attached hydrogens (tertiary/aromatic N) is 5. The number of likely N-dealkylation sites (N-methyl/N-ethyl adjacent to an activating group) is 1. The number of hydrogen-bond acceptors (Lipinski definition) is 7. The van der Waals surface area contributed by atoms with E-state index in [4.69, 9.17) is 19.7 Å². The summed E-state index contributed by atoms with van der Waals surface area (Å²) in [4.78, 5) is 13.6. The van der Waals surface area contributed by atoms with E-state index < -0.39 is 11.6 Å². The van der Waals surface area contributed by atoms with Crippen molar-refractivity contribution in [2.24, 2.45) is 0 Å². The zero-order valence-corrected chi connectivity index (χ0v) is 18.6. The number of rotatable bonds is 5. The lowest BCUT2D eigenvalue weighted by Crippen LogP contribution is -2.45. The monoisotopic (exact) mass is 451 g/mol. The van der Waals surface area contributed by atoms with Crippen LogP contribution in [0, 0.1) is 23.0 Å². The van der Waals surface area contributed by atoms with Crippen LogP contribution in [0.3, 0.4) is 0 Å². The average molecular weight is 451 g/mol. The maximum atomic E-state index is 14.6. The van der Waals surface area contributed by atoms with Crippen molar-refractivity contribution in [1.29, 1.82) is 5.26 Å². The summed E-state index contributed by atoms with van der Waals surface area (Å²) in [6.07, 6.45) is 0. The highest BCUT2D eigenvalue weighted by Gasteiger charge is 2.24. The van der Waals surface area contributed by atoms with Crippen LogP contribution in [-0.2, 0) is 0 Å². The molecule has 1 aliphatic rings. The van der Waals surface area contributed by atoms with E-state index in [0.29, 0.717) is 28.3 Å². The van der Waals surface area contributed by atoms with E-state index in [-0.39, 0.29) is 17.2 Å². The first-order valence-electron chi connectivity index (χ1n) is 10.4. The number of hydrogen-bond donors (Lipinski definition) is 0. The van der Waals surface area contributed by atoms with Crippen LogP contribution in [0.5, 0.6) is 11.6 Å².